The molecule has 4 N–H and O–H groups in total. The van der Waals surface area contributed by atoms with Crippen LogP contribution in [0.4, 0.5) is 5.69 Å². The molecule has 0 aliphatic carbocycles. The van der Waals surface area contributed by atoms with Crippen LogP contribution in [0.2, 0.25) is 0 Å². The van der Waals surface area contributed by atoms with Gasteiger partial charge in [0.1, 0.15) is 5.75 Å². The minimum Gasteiger partial charge on any atom is -0.508 e. The first kappa shape index (κ1) is 15.0. The topological polar surface area (TPSA) is 75.3 Å². The molecule has 0 saturated heterocycles. The number of thiocarbonyl (C=S) groups is 1. The molecule has 2 aromatic carbocycles. The lowest BCUT2D eigenvalue weighted by Gasteiger charge is -2.07. The van der Waals surface area contributed by atoms with Crippen LogP contribution in [0.1, 0.15) is 11.1 Å². The van der Waals surface area contributed by atoms with Gasteiger partial charge in [0.15, 0.2) is 0 Å². The van der Waals surface area contributed by atoms with Gasteiger partial charge in [-0.05, 0) is 35.4 Å². The van der Waals surface area contributed by atoms with Crippen molar-refractivity contribution in [3.63, 3.8) is 0 Å². The normalized spacial score (nSPS) is 10.1. The molecule has 0 radical (unpaired) electrons. The van der Waals surface area contributed by atoms with E-state index in [9.17, 15) is 9.90 Å². The van der Waals surface area contributed by atoms with E-state index in [-0.39, 0.29) is 18.1 Å². The zero-order valence-electron chi connectivity index (χ0n) is 11.4. The number of rotatable bonds is 5. The van der Waals surface area contributed by atoms with Gasteiger partial charge < -0.3 is 16.2 Å². The van der Waals surface area contributed by atoms with Gasteiger partial charge in [-0.2, -0.15) is 0 Å². The van der Waals surface area contributed by atoms with Gasteiger partial charge in [-0.3, -0.25) is 4.79 Å². The van der Waals surface area contributed by atoms with Crippen LogP contribution in [0.15, 0.2) is 48.5 Å². The molecule has 0 aliphatic rings. The Morgan fingerprint density at radius 2 is 1.81 bits per heavy atom. The van der Waals surface area contributed by atoms with Crippen molar-refractivity contribution < 1.29 is 9.90 Å². The fourth-order valence-corrected chi connectivity index (χ4v) is 2.13. The summed E-state index contributed by atoms with van der Waals surface area (Å²) in [7, 11) is 0. The van der Waals surface area contributed by atoms with Crippen LogP contribution in [-0.4, -0.2) is 16.0 Å². The number of hydrogen-bond donors (Lipinski definition) is 3. The van der Waals surface area contributed by atoms with Crippen LogP contribution < -0.4 is 11.1 Å². The van der Waals surface area contributed by atoms with E-state index in [1.54, 1.807) is 24.3 Å². The van der Waals surface area contributed by atoms with Crippen LogP contribution in [0.25, 0.3) is 0 Å². The second kappa shape index (κ2) is 6.85. The maximum Gasteiger partial charge on any atom is 0.228 e. The Balaban J connectivity index is 1.95. The van der Waals surface area contributed by atoms with Crippen molar-refractivity contribution in [2.45, 2.75) is 12.8 Å². The molecule has 21 heavy (non-hydrogen) atoms. The van der Waals surface area contributed by atoms with Gasteiger partial charge in [0.2, 0.25) is 5.91 Å². The molecule has 108 valence electrons. The molecule has 2 aromatic rings. The zero-order valence-corrected chi connectivity index (χ0v) is 12.2. The van der Waals surface area contributed by atoms with Crippen LogP contribution in [0, 0.1) is 0 Å². The summed E-state index contributed by atoms with van der Waals surface area (Å²) in [6, 6.07) is 14.0. The van der Waals surface area contributed by atoms with E-state index in [0.29, 0.717) is 17.1 Å². The summed E-state index contributed by atoms with van der Waals surface area (Å²) in [6.07, 6.45) is 0.760. The van der Waals surface area contributed by atoms with E-state index in [4.69, 9.17) is 18.0 Å². The highest BCUT2D eigenvalue weighted by Gasteiger charge is 2.05. The standard InChI is InChI=1S/C16H16N2O2S/c17-15(21)9-11-4-6-13(7-5-11)18-16(20)10-12-2-1-3-14(19)8-12/h1-8,19H,9-10H2,(H2,17,21)(H,18,20). The summed E-state index contributed by atoms with van der Waals surface area (Å²) < 4.78 is 0. The molecule has 0 fully saturated rings. The largest absolute Gasteiger partial charge is 0.508 e. The summed E-state index contributed by atoms with van der Waals surface area (Å²) in [6.45, 7) is 0. The van der Waals surface area contributed by atoms with Gasteiger partial charge in [0.25, 0.3) is 0 Å². The molecule has 1 amide bonds. The molecular weight excluding hydrogens is 284 g/mol. The number of nitrogens with two attached hydrogens (primary N) is 1. The van der Waals surface area contributed by atoms with E-state index < -0.39 is 0 Å². The second-order valence-corrected chi connectivity index (χ2v) is 5.26. The van der Waals surface area contributed by atoms with Crippen molar-refractivity contribution in [2.24, 2.45) is 5.73 Å². The van der Waals surface area contributed by atoms with E-state index in [1.807, 2.05) is 24.3 Å². The monoisotopic (exact) mass is 300 g/mol. The molecule has 0 atom stereocenters. The van der Waals surface area contributed by atoms with Gasteiger partial charge in [0, 0.05) is 12.1 Å². The Kier molecular flexibility index (Phi) is 4.90. The van der Waals surface area contributed by atoms with Crippen LogP contribution in [-0.2, 0) is 17.6 Å². The first-order valence-corrected chi connectivity index (χ1v) is 6.89. The summed E-state index contributed by atoms with van der Waals surface area (Å²) in [4.78, 5) is 12.4. The van der Waals surface area contributed by atoms with E-state index in [1.165, 1.54) is 0 Å². The van der Waals surface area contributed by atoms with Gasteiger partial charge >= 0.3 is 0 Å². The first-order chi connectivity index (χ1) is 10.0. The lowest BCUT2D eigenvalue weighted by atomic mass is 10.1. The molecule has 0 heterocycles. The van der Waals surface area contributed by atoms with E-state index >= 15 is 0 Å². The van der Waals surface area contributed by atoms with Gasteiger partial charge in [-0.1, -0.05) is 36.5 Å². The number of amides is 1. The van der Waals surface area contributed by atoms with Crippen LogP contribution in [0.5, 0.6) is 5.75 Å². The highest BCUT2D eigenvalue weighted by Crippen LogP contribution is 2.13. The van der Waals surface area contributed by atoms with Crippen LogP contribution >= 0.6 is 12.2 Å². The highest BCUT2D eigenvalue weighted by atomic mass is 32.1. The summed E-state index contributed by atoms with van der Waals surface area (Å²) in [5.74, 6) is 0.0186. The molecule has 0 unspecified atom stereocenters. The number of carbonyl (C=O) groups excluding carboxylic acids is 1. The number of phenolic OH excluding ortho intramolecular Hbond substituents is 1. The molecule has 0 aliphatic heterocycles. The van der Waals surface area contributed by atoms with Gasteiger partial charge in [0.05, 0.1) is 11.4 Å². The number of aromatic hydroxyl groups is 1. The predicted molar refractivity (Wildman–Crippen MR) is 87.4 cm³/mol. The number of hydrogen-bond acceptors (Lipinski definition) is 3. The number of benzene rings is 2. The highest BCUT2D eigenvalue weighted by molar-refractivity contribution is 7.80. The molecule has 0 spiro atoms. The molecular formula is C16H16N2O2S. The minimum atomic E-state index is -0.136. The smallest absolute Gasteiger partial charge is 0.228 e. The Labute approximate surface area is 128 Å². The summed E-state index contributed by atoms with van der Waals surface area (Å²) >= 11 is 4.85. The first-order valence-electron chi connectivity index (χ1n) is 6.48. The van der Waals surface area contributed by atoms with E-state index in [0.717, 1.165) is 11.1 Å². The average Bonchev–Trinajstić information content (AvgIpc) is 2.40. The van der Waals surface area contributed by atoms with Crippen molar-refractivity contribution >= 4 is 28.8 Å². The van der Waals surface area contributed by atoms with Gasteiger partial charge in [-0.25, -0.2) is 0 Å². The fraction of sp³-hybridized carbons (Fsp3) is 0.125. The molecule has 0 saturated carbocycles. The Hall–Kier alpha value is -2.40. The number of phenols is 1. The average molecular weight is 300 g/mol. The third kappa shape index (κ3) is 4.89. The Bertz CT molecular complexity index is 654. The molecule has 0 bridgehead atoms. The van der Waals surface area contributed by atoms with Crippen molar-refractivity contribution in [3.05, 3.63) is 59.7 Å². The molecule has 4 nitrogen and oxygen atoms in total. The van der Waals surface area contributed by atoms with Crippen LogP contribution in [0.3, 0.4) is 0 Å². The van der Waals surface area contributed by atoms with Crippen molar-refractivity contribution in [3.8, 4) is 5.75 Å². The van der Waals surface area contributed by atoms with Crippen molar-refractivity contribution in [1.29, 1.82) is 0 Å². The Morgan fingerprint density at radius 1 is 1.10 bits per heavy atom. The van der Waals surface area contributed by atoms with Crippen molar-refractivity contribution in [2.75, 3.05) is 5.32 Å². The summed E-state index contributed by atoms with van der Waals surface area (Å²) in [5.41, 5.74) is 7.97. The maximum atomic E-state index is 11.9. The minimum absolute atomic E-state index is 0.136. The third-order valence-electron chi connectivity index (χ3n) is 2.89. The zero-order chi connectivity index (χ0) is 15.2. The quantitative estimate of drug-likeness (QED) is 0.741. The SMILES string of the molecule is NC(=S)Cc1ccc(NC(=O)Cc2cccc(O)c2)cc1. The number of carbonyl (C=O) groups is 1. The predicted octanol–water partition coefficient (Wildman–Crippen LogP) is 2.40. The van der Waals surface area contributed by atoms with E-state index in [2.05, 4.69) is 5.32 Å². The molecule has 2 rings (SSSR count). The number of nitrogens with one attached hydrogen (secondary N) is 1. The van der Waals surface area contributed by atoms with Gasteiger partial charge in [-0.15, -0.1) is 0 Å². The fourth-order valence-electron chi connectivity index (χ4n) is 1.96. The molecule has 5 heteroatoms. The lowest BCUT2D eigenvalue weighted by Crippen LogP contribution is -2.14. The third-order valence-corrected chi connectivity index (χ3v) is 3.04. The second-order valence-electron chi connectivity index (χ2n) is 4.73. The maximum absolute atomic E-state index is 11.9. The molecule has 0 aromatic heterocycles. The Morgan fingerprint density at radius 3 is 2.43 bits per heavy atom. The lowest BCUT2D eigenvalue weighted by molar-refractivity contribution is -0.115. The number of anilines is 1. The summed E-state index contributed by atoms with van der Waals surface area (Å²) in [5, 5.41) is 12.2. The van der Waals surface area contributed by atoms with Crippen molar-refractivity contribution in [1.82, 2.24) is 0 Å².